The highest BCUT2D eigenvalue weighted by molar-refractivity contribution is 9.10. The van der Waals surface area contributed by atoms with Crippen molar-refractivity contribution in [2.75, 3.05) is 0 Å². The Morgan fingerprint density at radius 1 is 1.25 bits per heavy atom. The second-order valence-electron chi connectivity index (χ2n) is 6.72. The van der Waals surface area contributed by atoms with Gasteiger partial charge in [-0.3, -0.25) is 14.2 Å². The zero-order valence-corrected chi connectivity index (χ0v) is 17.0. The van der Waals surface area contributed by atoms with E-state index < -0.39 is 0 Å². The second kappa shape index (κ2) is 7.24. The molecule has 0 fully saturated rings. The van der Waals surface area contributed by atoms with Crippen LogP contribution in [0.3, 0.4) is 0 Å². The van der Waals surface area contributed by atoms with Crippen molar-refractivity contribution in [3.05, 3.63) is 74.9 Å². The Balaban J connectivity index is 1.55. The first-order chi connectivity index (χ1) is 13.4. The molecule has 0 saturated heterocycles. The number of hydrogen-bond donors (Lipinski definition) is 1. The summed E-state index contributed by atoms with van der Waals surface area (Å²) >= 11 is 3.36. The maximum Gasteiger partial charge on any atom is 0.261 e. The van der Waals surface area contributed by atoms with Crippen LogP contribution in [0.5, 0.6) is 0 Å². The molecule has 28 heavy (non-hydrogen) atoms. The number of fused-ring (bicyclic) bond motifs is 2. The summed E-state index contributed by atoms with van der Waals surface area (Å²) in [7, 11) is 0. The Labute approximate surface area is 169 Å². The molecule has 7 heteroatoms. The predicted octanol–water partition coefficient (Wildman–Crippen LogP) is 4.09. The average Bonchev–Trinajstić information content (AvgIpc) is 3.01. The van der Waals surface area contributed by atoms with Gasteiger partial charge in [0.25, 0.3) is 5.56 Å². The van der Waals surface area contributed by atoms with Crippen LogP contribution in [0.4, 0.5) is 0 Å². The van der Waals surface area contributed by atoms with Crippen LogP contribution in [-0.2, 0) is 11.3 Å². The molecule has 0 spiro atoms. The molecule has 0 aliphatic heterocycles. The summed E-state index contributed by atoms with van der Waals surface area (Å²) in [5, 5.41) is 4.39. The topological polar surface area (TPSA) is 77.1 Å². The zero-order chi connectivity index (χ0) is 19.8. The van der Waals surface area contributed by atoms with E-state index in [1.807, 2.05) is 44.2 Å². The minimum atomic E-state index is -0.321. The molecule has 0 aliphatic carbocycles. The molecule has 142 valence electrons. The Bertz CT molecular complexity index is 1260. The van der Waals surface area contributed by atoms with Gasteiger partial charge in [0, 0.05) is 15.4 Å². The molecule has 0 saturated carbocycles. The van der Waals surface area contributed by atoms with Crippen molar-refractivity contribution in [1.82, 2.24) is 14.9 Å². The van der Waals surface area contributed by atoms with Crippen LogP contribution in [0.15, 0.2) is 62.5 Å². The molecule has 1 unspecified atom stereocenters. The van der Waals surface area contributed by atoms with E-state index in [4.69, 9.17) is 4.42 Å². The summed E-state index contributed by atoms with van der Waals surface area (Å²) in [6.07, 6.45) is 1.40. The van der Waals surface area contributed by atoms with Crippen LogP contribution in [0, 0.1) is 6.92 Å². The molecule has 1 atom stereocenters. The van der Waals surface area contributed by atoms with Crippen LogP contribution in [0.2, 0.25) is 0 Å². The lowest BCUT2D eigenvalue weighted by molar-refractivity contribution is -0.122. The largest absolute Gasteiger partial charge is 0.459 e. The number of amides is 1. The van der Waals surface area contributed by atoms with Gasteiger partial charge in [-0.25, -0.2) is 4.98 Å². The maximum absolute atomic E-state index is 12.6. The van der Waals surface area contributed by atoms with E-state index in [-0.39, 0.29) is 24.1 Å². The standard InChI is InChI=1S/C21H18BrN3O3/c1-12-15-5-3-4-6-18(15)28-20(12)13(2)24-19(26)10-25-11-23-17-8-7-14(22)9-16(17)21(25)27/h3-9,11,13H,10H2,1-2H3,(H,24,26). The van der Waals surface area contributed by atoms with Crippen molar-refractivity contribution in [3.63, 3.8) is 0 Å². The molecule has 0 aliphatic rings. The molecule has 6 nitrogen and oxygen atoms in total. The van der Waals surface area contributed by atoms with Crippen molar-refractivity contribution in [2.24, 2.45) is 0 Å². The summed E-state index contributed by atoms with van der Waals surface area (Å²) in [4.78, 5) is 29.4. The third kappa shape index (κ3) is 3.33. The van der Waals surface area contributed by atoms with Crippen molar-refractivity contribution in [3.8, 4) is 0 Å². The van der Waals surface area contributed by atoms with E-state index in [1.54, 1.807) is 12.1 Å². The number of carbonyl (C=O) groups is 1. The lowest BCUT2D eigenvalue weighted by Gasteiger charge is -2.13. The Morgan fingerprint density at radius 3 is 2.82 bits per heavy atom. The number of aryl methyl sites for hydroxylation is 1. The molecule has 1 N–H and O–H groups in total. The normalized spacial score (nSPS) is 12.4. The zero-order valence-electron chi connectivity index (χ0n) is 15.4. The molecular weight excluding hydrogens is 422 g/mol. The monoisotopic (exact) mass is 439 g/mol. The highest BCUT2D eigenvalue weighted by atomic mass is 79.9. The maximum atomic E-state index is 12.6. The van der Waals surface area contributed by atoms with Crippen molar-refractivity contribution in [2.45, 2.75) is 26.4 Å². The number of rotatable bonds is 4. The number of nitrogens with one attached hydrogen (secondary N) is 1. The summed E-state index contributed by atoms with van der Waals surface area (Å²) in [5.41, 5.74) is 2.12. The number of halogens is 1. The lowest BCUT2D eigenvalue weighted by Crippen LogP contribution is -2.34. The number of para-hydroxylation sites is 1. The number of nitrogens with zero attached hydrogens (tertiary/aromatic N) is 2. The Kier molecular flexibility index (Phi) is 4.77. The van der Waals surface area contributed by atoms with Gasteiger partial charge in [-0.2, -0.15) is 0 Å². The summed E-state index contributed by atoms with van der Waals surface area (Å²) < 4.78 is 8.00. The number of furan rings is 1. The smallest absolute Gasteiger partial charge is 0.261 e. The van der Waals surface area contributed by atoms with Crippen LogP contribution >= 0.6 is 15.9 Å². The van der Waals surface area contributed by atoms with Crippen LogP contribution in [0.25, 0.3) is 21.9 Å². The second-order valence-corrected chi connectivity index (χ2v) is 7.63. The van der Waals surface area contributed by atoms with Gasteiger partial charge in [0.05, 0.1) is 23.3 Å². The minimum absolute atomic E-state index is 0.113. The van der Waals surface area contributed by atoms with Crippen LogP contribution in [0.1, 0.15) is 24.3 Å². The van der Waals surface area contributed by atoms with E-state index in [2.05, 4.69) is 26.2 Å². The highest BCUT2D eigenvalue weighted by Gasteiger charge is 2.19. The fourth-order valence-corrected chi connectivity index (χ4v) is 3.72. The third-order valence-corrected chi connectivity index (χ3v) is 5.24. The molecule has 2 heterocycles. The molecule has 0 radical (unpaired) electrons. The molecule has 0 bridgehead atoms. The molecule has 4 aromatic rings. The summed E-state index contributed by atoms with van der Waals surface area (Å²) in [6, 6.07) is 12.7. The fourth-order valence-electron chi connectivity index (χ4n) is 3.36. The van der Waals surface area contributed by atoms with Gasteiger partial charge in [0.1, 0.15) is 17.9 Å². The quantitative estimate of drug-likeness (QED) is 0.519. The molecular formula is C21H18BrN3O3. The van der Waals surface area contributed by atoms with Gasteiger partial charge in [-0.1, -0.05) is 34.1 Å². The first-order valence-corrected chi connectivity index (χ1v) is 9.65. The van der Waals surface area contributed by atoms with Crippen molar-refractivity contribution >= 4 is 43.7 Å². The minimum Gasteiger partial charge on any atom is -0.459 e. The first-order valence-electron chi connectivity index (χ1n) is 8.86. The number of benzene rings is 2. The SMILES string of the molecule is Cc1c(C(C)NC(=O)Cn2cnc3ccc(Br)cc3c2=O)oc2ccccc12. The number of carbonyl (C=O) groups excluding carboxylic acids is 1. The van der Waals surface area contributed by atoms with Gasteiger partial charge in [-0.15, -0.1) is 0 Å². The molecule has 1 amide bonds. The van der Waals surface area contributed by atoms with E-state index in [0.717, 1.165) is 21.0 Å². The number of aromatic nitrogens is 2. The number of hydrogen-bond acceptors (Lipinski definition) is 4. The average molecular weight is 440 g/mol. The Hall–Kier alpha value is -2.93. The van der Waals surface area contributed by atoms with E-state index >= 15 is 0 Å². The molecule has 2 aromatic carbocycles. The van der Waals surface area contributed by atoms with Gasteiger partial charge in [-0.05, 0) is 38.1 Å². The Morgan fingerprint density at radius 2 is 2.04 bits per heavy atom. The van der Waals surface area contributed by atoms with Crippen LogP contribution in [-0.4, -0.2) is 15.5 Å². The van der Waals surface area contributed by atoms with Crippen molar-refractivity contribution in [1.29, 1.82) is 0 Å². The van der Waals surface area contributed by atoms with Crippen molar-refractivity contribution < 1.29 is 9.21 Å². The van der Waals surface area contributed by atoms with Crippen LogP contribution < -0.4 is 10.9 Å². The van der Waals surface area contributed by atoms with Gasteiger partial charge >= 0.3 is 0 Å². The lowest BCUT2D eigenvalue weighted by atomic mass is 10.1. The first kappa shape index (κ1) is 18.4. The predicted molar refractivity (Wildman–Crippen MR) is 111 cm³/mol. The molecule has 2 aromatic heterocycles. The van der Waals surface area contributed by atoms with E-state index in [0.29, 0.717) is 16.7 Å². The van der Waals surface area contributed by atoms with E-state index in [1.165, 1.54) is 10.9 Å². The van der Waals surface area contributed by atoms with Gasteiger partial charge in [0.15, 0.2) is 0 Å². The third-order valence-electron chi connectivity index (χ3n) is 4.75. The highest BCUT2D eigenvalue weighted by Crippen LogP contribution is 2.29. The summed E-state index contributed by atoms with van der Waals surface area (Å²) in [6.45, 7) is 3.72. The van der Waals surface area contributed by atoms with Gasteiger partial charge in [0.2, 0.25) is 5.91 Å². The van der Waals surface area contributed by atoms with Gasteiger partial charge < -0.3 is 9.73 Å². The van der Waals surface area contributed by atoms with E-state index in [9.17, 15) is 9.59 Å². The summed E-state index contributed by atoms with van der Waals surface area (Å²) in [5.74, 6) is 0.424. The molecule has 4 rings (SSSR count). The fraction of sp³-hybridized carbons (Fsp3) is 0.190.